The Morgan fingerprint density at radius 3 is 2.85 bits per heavy atom. The highest BCUT2D eigenvalue weighted by Gasteiger charge is 2.24. The van der Waals surface area contributed by atoms with Crippen molar-refractivity contribution in [3.63, 3.8) is 0 Å². The molecule has 1 aliphatic heterocycles. The van der Waals surface area contributed by atoms with Crippen LogP contribution in [0.4, 0.5) is 0 Å². The Labute approximate surface area is 123 Å². The third kappa shape index (κ3) is 4.94. The summed E-state index contributed by atoms with van der Waals surface area (Å²) in [5, 5.41) is 6.78. The summed E-state index contributed by atoms with van der Waals surface area (Å²) >= 11 is 0. The van der Waals surface area contributed by atoms with Crippen LogP contribution in [-0.2, 0) is 4.74 Å². The highest BCUT2D eigenvalue weighted by Crippen LogP contribution is 2.27. The molecular weight excluding hydrogens is 252 g/mol. The first-order chi connectivity index (χ1) is 9.70. The molecule has 1 saturated carbocycles. The molecule has 1 aliphatic carbocycles. The van der Waals surface area contributed by atoms with Gasteiger partial charge in [0.15, 0.2) is 5.96 Å². The van der Waals surface area contributed by atoms with Crippen LogP contribution < -0.4 is 10.6 Å². The fourth-order valence-electron chi connectivity index (χ4n) is 2.63. The highest BCUT2D eigenvalue weighted by atomic mass is 16.5. The average molecular weight is 282 g/mol. The van der Waals surface area contributed by atoms with E-state index in [9.17, 15) is 0 Å². The first kappa shape index (κ1) is 15.6. The second kappa shape index (κ2) is 7.84. The van der Waals surface area contributed by atoms with Gasteiger partial charge in [-0.25, -0.2) is 0 Å². The number of guanidine groups is 1. The first-order valence-electron chi connectivity index (χ1n) is 8.06. The lowest BCUT2D eigenvalue weighted by Crippen LogP contribution is -2.49. The van der Waals surface area contributed by atoms with Crippen LogP contribution in [0.1, 0.15) is 33.6 Å². The summed E-state index contributed by atoms with van der Waals surface area (Å²) in [6.07, 6.45) is 2.74. The molecule has 0 radical (unpaired) electrons. The van der Waals surface area contributed by atoms with E-state index in [1.165, 1.54) is 12.8 Å². The molecule has 0 spiro atoms. The van der Waals surface area contributed by atoms with E-state index in [2.05, 4.69) is 36.3 Å². The van der Waals surface area contributed by atoms with Gasteiger partial charge in [-0.2, -0.15) is 0 Å². The minimum atomic E-state index is 0.463. The monoisotopic (exact) mass is 282 g/mol. The van der Waals surface area contributed by atoms with Gasteiger partial charge in [0.2, 0.25) is 0 Å². The number of aliphatic imine (C=N–C) groups is 1. The molecule has 0 aromatic heterocycles. The summed E-state index contributed by atoms with van der Waals surface area (Å²) in [5.41, 5.74) is 0. The lowest BCUT2D eigenvalue weighted by atomic mass is 10.2. The Morgan fingerprint density at radius 2 is 2.20 bits per heavy atom. The molecule has 2 aliphatic rings. The summed E-state index contributed by atoms with van der Waals surface area (Å²) in [4.78, 5) is 7.23. The van der Waals surface area contributed by atoms with Gasteiger partial charge in [0.25, 0.3) is 0 Å². The summed E-state index contributed by atoms with van der Waals surface area (Å²) < 4.78 is 5.50. The Kier molecular flexibility index (Phi) is 6.10. The molecule has 1 saturated heterocycles. The molecule has 116 valence electrons. The number of hydrogen-bond acceptors (Lipinski definition) is 3. The molecule has 20 heavy (non-hydrogen) atoms. The van der Waals surface area contributed by atoms with Crippen LogP contribution in [0.2, 0.25) is 0 Å². The Morgan fingerprint density at radius 1 is 1.40 bits per heavy atom. The molecular formula is C15H30N4O. The zero-order valence-electron chi connectivity index (χ0n) is 13.2. The largest absolute Gasteiger partial charge is 0.379 e. The number of rotatable bonds is 6. The van der Waals surface area contributed by atoms with E-state index in [1.54, 1.807) is 0 Å². The van der Waals surface area contributed by atoms with Crippen LogP contribution in [0.25, 0.3) is 0 Å². The number of nitrogens with zero attached hydrogens (tertiary/aromatic N) is 2. The van der Waals surface area contributed by atoms with Crippen LogP contribution in [0.3, 0.4) is 0 Å². The van der Waals surface area contributed by atoms with Crippen molar-refractivity contribution >= 4 is 5.96 Å². The predicted octanol–water partition coefficient (Wildman–Crippen LogP) is 1.06. The minimum Gasteiger partial charge on any atom is -0.379 e. The number of morpholine rings is 1. The van der Waals surface area contributed by atoms with Gasteiger partial charge in [-0.3, -0.25) is 9.89 Å². The molecule has 2 rings (SSSR count). The summed E-state index contributed by atoms with van der Waals surface area (Å²) in [6, 6.07) is 0.959. The molecule has 2 unspecified atom stereocenters. The van der Waals surface area contributed by atoms with Gasteiger partial charge in [-0.15, -0.1) is 0 Å². The molecule has 5 nitrogen and oxygen atoms in total. The predicted molar refractivity (Wildman–Crippen MR) is 83.2 cm³/mol. The second-order valence-corrected chi connectivity index (χ2v) is 6.05. The second-order valence-electron chi connectivity index (χ2n) is 6.05. The molecule has 2 fully saturated rings. The molecule has 0 amide bonds. The number of hydrogen-bond donors (Lipinski definition) is 2. The standard InChI is InChI=1S/C15H30N4O/c1-4-16-15(18-10-14-5-6-14)17-9-12(2)19-7-8-20-11-13(19)3/h12-14H,4-11H2,1-3H3,(H2,16,17,18). The van der Waals surface area contributed by atoms with Gasteiger partial charge in [0.05, 0.1) is 19.8 Å². The van der Waals surface area contributed by atoms with Crippen molar-refractivity contribution in [3.8, 4) is 0 Å². The lowest BCUT2D eigenvalue weighted by Gasteiger charge is -2.37. The minimum absolute atomic E-state index is 0.463. The number of nitrogens with one attached hydrogen (secondary N) is 2. The third-order valence-corrected chi connectivity index (χ3v) is 4.10. The number of ether oxygens (including phenoxy) is 1. The molecule has 2 N–H and O–H groups in total. The van der Waals surface area contributed by atoms with Crippen molar-refractivity contribution in [1.82, 2.24) is 15.5 Å². The van der Waals surface area contributed by atoms with Crippen molar-refractivity contribution in [2.24, 2.45) is 10.9 Å². The maximum Gasteiger partial charge on any atom is 0.191 e. The fraction of sp³-hybridized carbons (Fsp3) is 0.933. The molecule has 1 heterocycles. The van der Waals surface area contributed by atoms with E-state index in [-0.39, 0.29) is 0 Å². The van der Waals surface area contributed by atoms with Crippen molar-refractivity contribution in [2.45, 2.75) is 45.7 Å². The average Bonchev–Trinajstić information content (AvgIpc) is 3.26. The van der Waals surface area contributed by atoms with Crippen LogP contribution in [0.15, 0.2) is 4.99 Å². The van der Waals surface area contributed by atoms with E-state index in [0.29, 0.717) is 12.1 Å². The molecule has 0 aromatic carbocycles. The summed E-state index contributed by atoms with van der Waals surface area (Å²) in [7, 11) is 0. The van der Waals surface area contributed by atoms with Crippen LogP contribution >= 0.6 is 0 Å². The van der Waals surface area contributed by atoms with Gasteiger partial charge in [-0.1, -0.05) is 0 Å². The van der Waals surface area contributed by atoms with Gasteiger partial charge in [-0.05, 0) is 39.5 Å². The van der Waals surface area contributed by atoms with Gasteiger partial charge in [0.1, 0.15) is 0 Å². The first-order valence-corrected chi connectivity index (χ1v) is 8.06. The summed E-state index contributed by atoms with van der Waals surface area (Å²) in [6.45, 7) is 12.1. The van der Waals surface area contributed by atoms with E-state index in [1.807, 2.05) is 0 Å². The molecule has 0 bridgehead atoms. The Balaban J connectivity index is 1.79. The zero-order valence-corrected chi connectivity index (χ0v) is 13.2. The van der Waals surface area contributed by atoms with E-state index in [4.69, 9.17) is 9.73 Å². The van der Waals surface area contributed by atoms with Crippen LogP contribution in [0, 0.1) is 5.92 Å². The van der Waals surface area contributed by atoms with Gasteiger partial charge >= 0.3 is 0 Å². The normalized spacial score (nSPS) is 26.4. The Hall–Kier alpha value is -0.810. The Bertz CT molecular complexity index is 317. The van der Waals surface area contributed by atoms with E-state index < -0.39 is 0 Å². The maximum absolute atomic E-state index is 5.50. The lowest BCUT2D eigenvalue weighted by molar-refractivity contribution is -0.0165. The maximum atomic E-state index is 5.50. The van der Waals surface area contributed by atoms with Crippen molar-refractivity contribution in [3.05, 3.63) is 0 Å². The van der Waals surface area contributed by atoms with Gasteiger partial charge in [0, 0.05) is 31.7 Å². The molecule has 5 heteroatoms. The molecule has 0 aromatic rings. The highest BCUT2D eigenvalue weighted by molar-refractivity contribution is 5.79. The van der Waals surface area contributed by atoms with Crippen molar-refractivity contribution < 1.29 is 4.74 Å². The van der Waals surface area contributed by atoms with Gasteiger partial charge < -0.3 is 15.4 Å². The topological polar surface area (TPSA) is 48.9 Å². The van der Waals surface area contributed by atoms with Crippen LogP contribution in [-0.4, -0.2) is 62.3 Å². The fourth-order valence-corrected chi connectivity index (χ4v) is 2.63. The van der Waals surface area contributed by atoms with Crippen LogP contribution in [0.5, 0.6) is 0 Å². The van der Waals surface area contributed by atoms with E-state index in [0.717, 1.165) is 51.3 Å². The quantitative estimate of drug-likeness (QED) is 0.565. The summed E-state index contributed by atoms with van der Waals surface area (Å²) in [5.74, 6) is 1.84. The third-order valence-electron chi connectivity index (χ3n) is 4.10. The van der Waals surface area contributed by atoms with E-state index >= 15 is 0 Å². The smallest absolute Gasteiger partial charge is 0.191 e. The van der Waals surface area contributed by atoms with Crippen molar-refractivity contribution in [2.75, 3.05) is 39.4 Å². The SMILES string of the molecule is CCNC(=NCC(C)N1CCOCC1C)NCC1CC1. The molecule has 2 atom stereocenters. The zero-order chi connectivity index (χ0) is 14.4. The van der Waals surface area contributed by atoms with Crippen molar-refractivity contribution in [1.29, 1.82) is 0 Å².